The summed E-state index contributed by atoms with van der Waals surface area (Å²) < 4.78 is 34.9. The van der Waals surface area contributed by atoms with E-state index in [0.29, 0.717) is 6.20 Å². The first kappa shape index (κ1) is 10.0. The fourth-order valence-electron chi connectivity index (χ4n) is 0.395. The molecule has 66 valence electrons. The van der Waals surface area contributed by atoms with E-state index in [0.717, 1.165) is 0 Å². The zero-order valence-electron chi connectivity index (χ0n) is 5.39. The second-order valence-corrected chi connectivity index (χ2v) is 1.71. The fraction of sp³-hybridized carbons (Fsp3) is 0.500. The summed E-state index contributed by atoms with van der Waals surface area (Å²) in [6, 6.07) is 0. The van der Waals surface area contributed by atoms with E-state index in [1.54, 1.807) is 5.43 Å². The average molecular weight is 171 g/mol. The third-order valence-corrected chi connectivity index (χ3v) is 0.951. The van der Waals surface area contributed by atoms with Crippen LogP contribution in [0.1, 0.15) is 0 Å². The van der Waals surface area contributed by atoms with E-state index in [1.165, 1.54) is 0 Å². The molecule has 0 bridgehead atoms. The number of aliphatic hydroxyl groups excluding tert-OH is 1. The van der Waals surface area contributed by atoms with Crippen molar-refractivity contribution in [2.75, 3.05) is 0 Å². The van der Waals surface area contributed by atoms with Gasteiger partial charge in [-0.3, -0.25) is 5.84 Å². The molecule has 0 spiro atoms. The van der Waals surface area contributed by atoms with E-state index in [4.69, 9.17) is 10.8 Å². The summed E-state index contributed by atoms with van der Waals surface area (Å²) in [4.78, 5) is 0. The Kier molecular flexibility index (Phi) is 3.15. The minimum atomic E-state index is -4.75. The van der Waals surface area contributed by atoms with Crippen molar-refractivity contribution in [1.82, 2.24) is 5.43 Å². The van der Waals surface area contributed by atoms with Crippen LogP contribution in [-0.4, -0.2) is 17.4 Å². The molecule has 0 aromatic rings. The largest absolute Gasteiger partial charge is 0.420 e. The number of hydrogen-bond acceptors (Lipinski definition) is 4. The van der Waals surface area contributed by atoms with Crippen molar-refractivity contribution in [3.63, 3.8) is 0 Å². The molecule has 7 heteroatoms. The van der Waals surface area contributed by atoms with Gasteiger partial charge in [-0.05, 0) is 0 Å². The summed E-state index contributed by atoms with van der Waals surface area (Å²) in [5, 5.41) is 8.43. The number of nitrogens with one attached hydrogen (secondary N) is 1. The van der Waals surface area contributed by atoms with Gasteiger partial charge in [-0.2, -0.15) is 13.2 Å². The highest BCUT2D eigenvalue weighted by atomic mass is 19.4. The maximum atomic E-state index is 11.6. The molecule has 4 nitrogen and oxygen atoms in total. The molecule has 0 aliphatic heterocycles. The summed E-state index contributed by atoms with van der Waals surface area (Å²) in [5.41, 5.74) is 5.66. The van der Waals surface area contributed by atoms with E-state index >= 15 is 0 Å². The molecule has 0 saturated carbocycles. The van der Waals surface area contributed by atoms with Crippen LogP contribution >= 0.6 is 0 Å². The molecule has 0 fully saturated rings. The number of hydrazine groups is 1. The second kappa shape index (κ2) is 3.44. The zero-order valence-corrected chi connectivity index (χ0v) is 5.39. The number of nitrogens with two attached hydrogens (primary N) is 2. The monoisotopic (exact) mass is 171 g/mol. The maximum Gasteiger partial charge on any atom is 0.420 e. The van der Waals surface area contributed by atoms with E-state index in [-0.39, 0.29) is 0 Å². The molecule has 0 rings (SSSR count). The zero-order chi connectivity index (χ0) is 9.07. The summed E-state index contributed by atoms with van der Waals surface area (Å²) in [7, 11) is 0. The SMILES string of the molecule is N/C=C(\NN)C(O)C(F)(F)F. The van der Waals surface area contributed by atoms with Gasteiger partial charge in [-0.25, -0.2) is 0 Å². The summed E-state index contributed by atoms with van der Waals surface area (Å²) in [6.45, 7) is 0. The van der Waals surface area contributed by atoms with Gasteiger partial charge in [0, 0.05) is 6.20 Å². The summed E-state index contributed by atoms with van der Waals surface area (Å²) in [5.74, 6) is 4.62. The van der Waals surface area contributed by atoms with Crippen LogP contribution in [0.5, 0.6) is 0 Å². The first-order valence-corrected chi connectivity index (χ1v) is 2.56. The molecule has 1 atom stereocenters. The molecule has 0 aromatic carbocycles. The number of aliphatic hydroxyl groups is 1. The molecule has 0 aromatic heterocycles. The van der Waals surface area contributed by atoms with Crippen LogP contribution in [0.4, 0.5) is 13.2 Å². The molecular formula is C4H8F3N3O. The predicted octanol–water partition coefficient (Wildman–Crippen LogP) is -0.827. The highest BCUT2D eigenvalue weighted by Crippen LogP contribution is 2.23. The normalized spacial score (nSPS) is 16.3. The van der Waals surface area contributed by atoms with E-state index in [9.17, 15) is 13.2 Å². The van der Waals surface area contributed by atoms with Crippen LogP contribution in [-0.2, 0) is 0 Å². The Morgan fingerprint density at radius 1 is 1.55 bits per heavy atom. The predicted molar refractivity (Wildman–Crippen MR) is 31.7 cm³/mol. The van der Waals surface area contributed by atoms with Crippen LogP contribution in [0.25, 0.3) is 0 Å². The molecule has 0 radical (unpaired) electrons. The van der Waals surface area contributed by atoms with E-state index in [1.807, 2.05) is 0 Å². The molecule has 0 aliphatic carbocycles. The van der Waals surface area contributed by atoms with Gasteiger partial charge in [0.15, 0.2) is 6.10 Å². The minimum absolute atomic E-state index is 0.554. The lowest BCUT2D eigenvalue weighted by atomic mass is 10.3. The van der Waals surface area contributed by atoms with E-state index in [2.05, 4.69) is 5.84 Å². The van der Waals surface area contributed by atoms with Crippen LogP contribution in [0.2, 0.25) is 0 Å². The van der Waals surface area contributed by atoms with Crippen LogP contribution in [0, 0.1) is 0 Å². The van der Waals surface area contributed by atoms with Crippen molar-refractivity contribution < 1.29 is 18.3 Å². The third-order valence-electron chi connectivity index (χ3n) is 0.951. The lowest BCUT2D eigenvalue weighted by Gasteiger charge is -2.16. The van der Waals surface area contributed by atoms with Crippen molar-refractivity contribution >= 4 is 0 Å². The van der Waals surface area contributed by atoms with E-state index < -0.39 is 18.0 Å². The Hall–Kier alpha value is -0.950. The van der Waals surface area contributed by atoms with Gasteiger partial charge in [0.25, 0.3) is 0 Å². The van der Waals surface area contributed by atoms with Crippen molar-refractivity contribution in [3.05, 3.63) is 11.9 Å². The van der Waals surface area contributed by atoms with Gasteiger partial charge < -0.3 is 16.3 Å². The first-order chi connectivity index (χ1) is 4.93. The topological polar surface area (TPSA) is 84.3 Å². The van der Waals surface area contributed by atoms with Gasteiger partial charge >= 0.3 is 6.18 Å². The quantitative estimate of drug-likeness (QED) is 0.323. The summed E-state index contributed by atoms with van der Waals surface area (Å²) >= 11 is 0. The Morgan fingerprint density at radius 3 is 2.09 bits per heavy atom. The van der Waals surface area contributed by atoms with Crippen molar-refractivity contribution in [3.8, 4) is 0 Å². The molecule has 1 unspecified atom stereocenters. The maximum absolute atomic E-state index is 11.6. The van der Waals surface area contributed by atoms with Gasteiger partial charge in [0.2, 0.25) is 0 Å². The van der Waals surface area contributed by atoms with Gasteiger partial charge in [0.1, 0.15) is 0 Å². The van der Waals surface area contributed by atoms with Crippen LogP contribution < -0.4 is 17.0 Å². The highest BCUT2D eigenvalue weighted by molar-refractivity contribution is 5.04. The Bertz CT molecular complexity index is 155. The standard InChI is InChI=1S/C4H8F3N3O/c5-4(6,7)3(11)2(1-8)10-9/h1,3,10-11H,8-9H2/b2-1-. The van der Waals surface area contributed by atoms with Crippen molar-refractivity contribution in [2.45, 2.75) is 12.3 Å². The molecular weight excluding hydrogens is 163 g/mol. The number of halogens is 3. The van der Waals surface area contributed by atoms with Crippen molar-refractivity contribution in [2.24, 2.45) is 11.6 Å². The number of hydrogen-bond donors (Lipinski definition) is 4. The Morgan fingerprint density at radius 2 is 2.00 bits per heavy atom. The molecule has 6 N–H and O–H groups in total. The van der Waals surface area contributed by atoms with Gasteiger partial charge in [-0.1, -0.05) is 0 Å². The third kappa shape index (κ3) is 2.64. The second-order valence-electron chi connectivity index (χ2n) is 1.71. The summed E-state index contributed by atoms with van der Waals surface area (Å²) in [6.07, 6.45) is -6.85. The molecule has 0 aliphatic rings. The highest BCUT2D eigenvalue weighted by Gasteiger charge is 2.40. The van der Waals surface area contributed by atoms with Crippen LogP contribution in [0.15, 0.2) is 11.9 Å². The molecule has 0 saturated heterocycles. The van der Waals surface area contributed by atoms with Gasteiger partial charge in [0.05, 0.1) is 5.70 Å². The first-order valence-electron chi connectivity index (χ1n) is 2.56. The molecule has 0 heterocycles. The Balaban J connectivity index is 4.34. The number of alkyl halides is 3. The Labute approximate surface area is 60.6 Å². The molecule has 11 heavy (non-hydrogen) atoms. The smallest absolute Gasteiger partial charge is 0.403 e. The fourth-order valence-corrected chi connectivity index (χ4v) is 0.395. The van der Waals surface area contributed by atoms with Gasteiger partial charge in [-0.15, -0.1) is 0 Å². The lowest BCUT2D eigenvalue weighted by Crippen LogP contribution is -2.39. The van der Waals surface area contributed by atoms with Crippen molar-refractivity contribution in [1.29, 1.82) is 0 Å². The minimum Gasteiger partial charge on any atom is -0.403 e. The number of rotatable bonds is 2. The average Bonchev–Trinajstić information content (AvgIpc) is 1.88. The lowest BCUT2D eigenvalue weighted by molar-refractivity contribution is -0.192. The molecule has 0 amide bonds. The van der Waals surface area contributed by atoms with Crippen LogP contribution in [0.3, 0.4) is 0 Å².